The first-order valence-corrected chi connectivity index (χ1v) is 8.61. The van der Waals surface area contributed by atoms with E-state index in [4.69, 9.17) is 21.7 Å². The van der Waals surface area contributed by atoms with E-state index in [1.54, 1.807) is 38.4 Å². The number of aryl methyl sites for hydroxylation is 1. The third-order valence-electron chi connectivity index (χ3n) is 3.86. The van der Waals surface area contributed by atoms with Crippen molar-refractivity contribution < 1.29 is 14.4 Å². The number of ether oxygens (including phenoxy) is 2. The van der Waals surface area contributed by atoms with Gasteiger partial charge in [0, 0.05) is 11.6 Å². The van der Waals surface area contributed by atoms with Gasteiger partial charge in [-0.05, 0) is 49.0 Å². The van der Waals surface area contributed by atoms with Gasteiger partial charge in [-0.1, -0.05) is 6.07 Å². The van der Waals surface area contributed by atoms with E-state index in [9.17, 15) is 10.1 Å². The Bertz CT molecular complexity index is 1090. The van der Waals surface area contributed by atoms with Crippen LogP contribution in [0.2, 0.25) is 0 Å². The van der Waals surface area contributed by atoms with Gasteiger partial charge in [0.2, 0.25) is 4.77 Å². The van der Waals surface area contributed by atoms with Gasteiger partial charge in [0.05, 0.1) is 24.3 Å². The molecule has 2 aromatic carbocycles. The Hall–Kier alpha value is -3.53. The molecule has 3 aromatic rings. The van der Waals surface area contributed by atoms with Crippen LogP contribution in [0.15, 0.2) is 47.6 Å². The molecule has 1 heterocycles. The summed E-state index contributed by atoms with van der Waals surface area (Å²) in [7, 11) is 1.56. The van der Waals surface area contributed by atoms with Crippen LogP contribution in [-0.4, -0.2) is 33.1 Å². The predicted molar refractivity (Wildman–Crippen MR) is 106 cm³/mol. The third-order valence-corrected chi connectivity index (χ3v) is 4.13. The molecule has 0 bridgehead atoms. The molecule has 9 nitrogen and oxygen atoms in total. The molecule has 0 spiro atoms. The highest BCUT2D eigenvalue weighted by molar-refractivity contribution is 7.71. The minimum atomic E-state index is -0.465. The molecule has 0 aliphatic rings. The van der Waals surface area contributed by atoms with Gasteiger partial charge in [-0.25, -0.2) is 0 Å². The number of nitro groups is 1. The first kappa shape index (κ1) is 19.2. The molecule has 1 aromatic heterocycles. The van der Waals surface area contributed by atoms with Crippen LogP contribution < -0.4 is 9.47 Å². The minimum absolute atomic E-state index is 0.0300. The number of non-ortho nitro benzene ring substituents is 1. The van der Waals surface area contributed by atoms with Crippen LogP contribution in [-0.2, 0) is 6.61 Å². The molecule has 0 saturated carbocycles. The van der Waals surface area contributed by atoms with E-state index in [-0.39, 0.29) is 12.3 Å². The molecular formula is C18H17N5O4S. The number of nitrogens with one attached hydrogen (secondary N) is 1. The number of aromatic nitrogens is 3. The average Bonchev–Trinajstić information content (AvgIpc) is 3.02. The van der Waals surface area contributed by atoms with Crippen LogP contribution in [0.5, 0.6) is 11.5 Å². The topological polar surface area (TPSA) is 108 Å². The summed E-state index contributed by atoms with van der Waals surface area (Å²) >= 11 is 5.12. The van der Waals surface area contributed by atoms with Gasteiger partial charge in [-0.15, -0.1) is 0 Å². The Morgan fingerprint density at radius 2 is 2.18 bits per heavy atom. The van der Waals surface area contributed by atoms with E-state index >= 15 is 0 Å². The quantitative estimate of drug-likeness (QED) is 0.281. The maximum Gasteiger partial charge on any atom is 0.273 e. The van der Waals surface area contributed by atoms with Crippen LogP contribution in [0, 0.1) is 21.8 Å². The number of nitro benzene ring substituents is 1. The molecule has 0 radical (unpaired) electrons. The Labute approximate surface area is 165 Å². The van der Waals surface area contributed by atoms with E-state index in [1.165, 1.54) is 16.8 Å². The molecule has 28 heavy (non-hydrogen) atoms. The lowest BCUT2D eigenvalue weighted by atomic mass is 10.1. The van der Waals surface area contributed by atoms with E-state index in [0.29, 0.717) is 22.1 Å². The second-order valence-electron chi connectivity index (χ2n) is 5.75. The van der Waals surface area contributed by atoms with Crippen molar-refractivity contribution in [3.63, 3.8) is 0 Å². The van der Waals surface area contributed by atoms with Crippen molar-refractivity contribution >= 4 is 24.1 Å². The Balaban J connectivity index is 1.80. The van der Waals surface area contributed by atoms with Crippen LogP contribution >= 0.6 is 12.2 Å². The summed E-state index contributed by atoms with van der Waals surface area (Å²) < 4.78 is 13.0. The van der Waals surface area contributed by atoms with Crippen LogP contribution in [0.25, 0.3) is 0 Å². The number of benzene rings is 2. The van der Waals surface area contributed by atoms with Gasteiger partial charge in [-0.2, -0.15) is 14.9 Å². The summed E-state index contributed by atoms with van der Waals surface area (Å²) in [6.45, 7) is 1.96. The van der Waals surface area contributed by atoms with Crippen LogP contribution in [0.3, 0.4) is 0 Å². The van der Waals surface area contributed by atoms with Crippen molar-refractivity contribution in [2.24, 2.45) is 5.10 Å². The number of rotatable bonds is 7. The average molecular weight is 399 g/mol. The molecule has 10 heteroatoms. The van der Waals surface area contributed by atoms with Crippen molar-refractivity contribution in [1.29, 1.82) is 0 Å². The van der Waals surface area contributed by atoms with Crippen molar-refractivity contribution in [3.8, 4) is 11.5 Å². The summed E-state index contributed by atoms with van der Waals surface area (Å²) in [4.78, 5) is 10.4. The fourth-order valence-electron chi connectivity index (χ4n) is 2.47. The van der Waals surface area contributed by atoms with Crippen molar-refractivity contribution in [2.75, 3.05) is 7.11 Å². The molecule has 144 valence electrons. The molecule has 0 saturated heterocycles. The number of aromatic amines is 1. The summed E-state index contributed by atoms with van der Waals surface area (Å²) in [5.41, 5.74) is 1.55. The van der Waals surface area contributed by atoms with Crippen molar-refractivity contribution in [3.05, 3.63) is 74.3 Å². The number of hydrogen-bond acceptors (Lipinski definition) is 7. The second-order valence-corrected chi connectivity index (χ2v) is 6.13. The second kappa shape index (κ2) is 8.44. The summed E-state index contributed by atoms with van der Waals surface area (Å²) in [5, 5.41) is 21.9. The summed E-state index contributed by atoms with van der Waals surface area (Å²) in [6, 6.07) is 11.5. The fraction of sp³-hybridized carbons (Fsp3) is 0.167. The molecule has 0 atom stereocenters. The third kappa shape index (κ3) is 4.41. The maximum atomic E-state index is 10.9. The van der Waals surface area contributed by atoms with Crippen molar-refractivity contribution in [1.82, 2.24) is 14.9 Å². The Morgan fingerprint density at radius 3 is 2.86 bits per heavy atom. The minimum Gasteiger partial charge on any atom is -0.496 e. The van der Waals surface area contributed by atoms with Crippen LogP contribution in [0.1, 0.15) is 17.0 Å². The molecule has 1 N–H and O–H groups in total. The number of nitrogens with zero attached hydrogens (tertiary/aromatic N) is 4. The van der Waals surface area contributed by atoms with E-state index < -0.39 is 4.92 Å². The first-order chi connectivity index (χ1) is 13.5. The van der Waals surface area contributed by atoms with Crippen LogP contribution in [0.4, 0.5) is 5.69 Å². The van der Waals surface area contributed by atoms with Gasteiger partial charge in [0.1, 0.15) is 23.9 Å². The maximum absolute atomic E-state index is 10.9. The monoisotopic (exact) mass is 399 g/mol. The molecule has 0 amide bonds. The SMILES string of the molecule is COc1ccc(/C=N/n2c(C)n[nH]c2=S)cc1COc1cccc([N+](=O)[O-])c1. The highest BCUT2D eigenvalue weighted by Gasteiger charge is 2.09. The van der Waals surface area contributed by atoms with E-state index in [0.717, 1.165) is 11.1 Å². The molecular weight excluding hydrogens is 382 g/mol. The number of hydrogen-bond donors (Lipinski definition) is 1. The smallest absolute Gasteiger partial charge is 0.273 e. The normalized spacial score (nSPS) is 10.9. The predicted octanol–water partition coefficient (Wildman–Crippen LogP) is 3.63. The molecule has 3 rings (SSSR count). The fourth-order valence-corrected chi connectivity index (χ4v) is 2.70. The van der Waals surface area contributed by atoms with Gasteiger partial charge in [-0.3, -0.25) is 15.2 Å². The first-order valence-electron chi connectivity index (χ1n) is 8.20. The van der Waals surface area contributed by atoms with Gasteiger partial charge in [0.25, 0.3) is 5.69 Å². The highest BCUT2D eigenvalue weighted by Crippen LogP contribution is 2.24. The molecule has 0 fully saturated rings. The zero-order valence-corrected chi connectivity index (χ0v) is 16.0. The largest absolute Gasteiger partial charge is 0.496 e. The number of H-pyrrole nitrogens is 1. The molecule has 0 unspecified atom stereocenters. The molecule has 0 aliphatic carbocycles. The lowest BCUT2D eigenvalue weighted by molar-refractivity contribution is -0.384. The van der Waals surface area contributed by atoms with Gasteiger partial charge >= 0.3 is 0 Å². The van der Waals surface area contributed by atoms with Gasteiger partial charge in [0.15, 0.2) is 0 Å². The standard InChI is InChI=1S/C18H17N5O4S/c1-12-20-21-18(28)22(12)19-10-13-6-7-17(26-2)14(8-13)11-27-16-5-3-4-15(9-16)23(24)25/h3-10H,11H2,1-2H3,(H,21,28)/b19-10+. The van der Waals surface area contributed by atoms with E-state index in [2.05, 4.69) is 15.3 Å². The Kier molecular flexibility index (Phi) is 5.80. The Morgan fingerprint density at radius 1 is 1.36 bits per heavy atom. The van der Waals surface area contributed by atoms with Crippen molar-refractivity contribution in [2.45, 2.75) is 13.5 Å². The lowest BCUT2D eigenvalue weighted by Crippen LogP contribution is -2.01. The zero-order chi connectivity index (χ0) is 20.1. The van der Waals surface area contributed by atoms with Gasteiger partial charge < -0.3 is 9.47 Å². The lowest BCUT2D eigenvalue weighted by Gasteiger charge is -2.11. The zero-order valence-electron chi connectivity index (χ0n) is 15.2. The highest BCUT2D eigenvalue weighted by atomic mass is 32.1. The van der Waals surface area contributed by atoms with E-state index in [1.807, 2.05) is 12.1 Å². The number of methoxy groups -OCH3 is 1. The molecule has 0 aliphatic heterocycles. The summed E-state index contributed by atoms with van der Waals surface area (Å²) in [5.74, 6) is 1.68. The summed E-state index contributed by atoms with van der Waals surface area (Å²) in [6.07, 6.45) is 1.65.